The second-order valence-corrected chi connectivity index (χ2v) is 8.35. The van der Waals surface area contributed by atoms with E-state index in [-0.39, 0.29) is 33.7 Å². The summed E-state index contributed by atoms with van der Waals surface area (Å²) >= 11 is 6.40. The van der Waals surface area contributed by atoms with E-state index in [0.717, 1.165) is 0 Å². The zero-order valence-electron chi connectivity index (χ0n) is 21.5. The molecule has 0 bridgehead atoms. The zero-order chi connectivity index (χ0) is 27.8. The minimum Gasteiger partial charge on any atom is -0.465 e. The lowest BCUT2D eigenvalue weighted by atomic mass is 10.2. The fraction of sp³-hybridized carbons (Fsp3) is 0.222. The number of nitrogens with one attached hydrogen (secondary N) is 3. The van der Waals surface area contributed by atoms with Crippen LogP contribution in [-0.4, -0.2) is 35.4 Å². The molecule has 3 aromatic rings. The molecule has 1 unspecified atom stereocenters. The maximum atomic E-state index is 13.8. The van der Waals surface area contributed by atoms with Gasteiger partial charge in [0.25, 0.3) is 5.56 Å². The van der Waals surface area contributed by atoms with Crippen molar-refractivity contribution >= 4 is 40.4 Å². The highest BCUT2D eigenvalue weighted by molar-refractivity contribution is 6.35. The third-order valence-corrected chi connectivity index (χ3v) is 5.71. The van der Waals surface area contributed by atoms with E-state index in [1.54, 1.807) is 63.4 Å². The molecule has 1 atom stereocenters. The number of allylic oxidation sites excluding steroid dienone is 1. The molecule has 0 saturated heterocycles. The molecule has 11 heteroatoms. The molecule has 0 spiro atoms. The molecule has 1 aromatic heterocycles. The number of amides is 2. The Kier molecular flexibility index (Phi) is 9.24. The Morgan fingerprint density at radius 1 is 1.34 bits per heavy atom. The van der Waals surface area contributed by atoms with Crippen LogP contribution >= 0.6 is 11.6 Å². The lowest BCUT2D eigenvalue weighted by molar-refractivity contribution is 0.120. The summed E-state index contributed by atoms with van der Waals surface area (Å²) in [4.78, 5) is 34.8. The predicted octanol–water partition coefficient (Wildman–Crippen LogP) is 4.82. The molecule has 3 N–H and O–H groups in total. The molecule has 0 saturated carbocycles. The van der Waals surface area contributed by atoms with Gasteiger partial charge in [-0.25, -0.2) is 14.8 Å². The van der Waals surface area contributed by atoms with E-state index in [9.17, 15) is 14.9 Å². The highest BCUT2D eigenvalue weighted by atomic mass is 35.5. The van der Waals surface area contributed by atoms with Gasteiger partial charge in [0.05, 0.1) is 27.3 Å². The van der Waals surface area contributed by atoms with Crippen molar-refractivity contribution in [1.82, 2.24) is 20.2 Å². The van der Waals surface area contributed by atoms with Gasteiger partial charge < -0.3 is 20.7 Å². The first kappa shape index (κ1) is 28.0. The minimum absolute atomic E-state index is 0.0143. The van der Waals surface area contributed by atoms with Gasteiger partial charge in [-0.2, -0.15) is 5.26 Å². The highest BCUT2D eigenvalue weighted by Crippen LogP contribution is 2.28. The SMILES string of the molecule is C=C(NC)/C(C#N)=C(\N=C/C)OC(C)c1nc2cccc(Cl)c2c(=O)n1-c1cccc(NC(=O)NCC)c1. The standard InChI is InChI=1S/C27H28ClN7O3/c1-6-31-25(20(15-29)16(3)30-5)38-17(4)24-34-22-13-9-12-21(28)23(22)26(36)35(24)19-11-8-10-18(14-19)33-27(37)32-7-2/h6,8-14,17,30H,3,7H2,1-2,4-5H3,(H2,32,33,37)/b25-20+,31-6-. The molecule has 10 nitrogen and oxygen atoms in total. The van der Waals surface area contributed by atoms with E-state index in [2.05, 4.69) is 33.6 Å². The first-order valence-corrected chi connectivity index (χ1v) is 12.2. The summed E-state index contributed by atoms with van der Waals surface area (Å²) in [5.41, 5.74) is 1.26. The van der Waals surface area contributed by atoms with Crippen LogP contribution in [0.5, 0.6) is 0 Å². The van der Waals surface area contributed by atoms with Gasteiger partial charge in [0.2, 0.25) is 5.88 Å². The topological polar surface area (TPSA) is 133 Å². The number of ether oxygens (including phenoxy) is 1. The number of hydrogen-bond acceptors (Lipinski definition) is 7. The second kappa shape index (κ2) is 12.6. The molecular weight excluding hydrogens is 506 g/mol. The summed E-state index contributed by atoms with van der Waals surface area (Å²) in [6.07, 6.45) is 0.636. The smallest absolute Gasteiger partial charge is 0.319 e. The van der Waals surface area contributed by atoms with Crippen LogP contribution in [0.1, 0.15) is 32.7 Å². The molecule has 0 aliphatic heterocycles. The maximum absolute atomic E-state index is 13.8. The Balaban J connectivity index is 2.24. The Morgan fingerprint density at radius 2 is 2.08 bits per heavy atom. The van der Waals surface area contributed by atoms with Crippen LogP contribution in [0, 0.1) is 11.3 Å². The van der Waals surface area contributed by atoms with Crippen molar-refractivity contribution in [1.29, 1.82) is 5.26 Å². The third kappa shape index (κ3) is 6.02. The average molecular weight is 534 g/mol. The van der Waals surface area contributed by atoms with Crippen molar-refractivity contribution in [2.24, 2.45) is 4.99 Å². The van der Waals surface area contributed by atoms with Gasteiger partial charge in [0, 0.05) is 25.5 Å². The number of fused-ring (bicyclic) bond motifs is 1. The van der Waals surface area contributed by atoms with Crippen LogP contribution in [-0.2, 0) is 4.74 Å². The number of hydrogen-bond donors (Lipinski definition) is 3. The fourth-order valence-electron chi connectivity index (χ4n) is 3.65. The van der Waals surface area contributed by atoms with Crippen molar-refractivity contribution in [2.45, 2.75) is 26.9 Å². The third-order valence-electron chi connectivity index (χ3n) is 5.40. The van der Waals surface area contributed by atoms with E-state index >= 15 is 0 Å². The fourth-order valence-corrected chi connectivity index (χ4v) is 3.90. The zero-order valence-corrected chi connectivity index (χ0v) is 22.3. The number of carbonyl (C=O) groups excluding carboxylic acids is 1. The summed E-state index contributed by atoms with van der Waals surface area (Å²) in [6.45, 7) is 9.47. The number of halogens is 1. The summed E-state index contributed by atoms with van der Waals surface area (Å²) in [6, 6.07) is 13.4. The number of nitriles is 1. The summed E-state index contributed by atoms with van der Waals surface area (Å²) < 4.78 is 7.47. The van der Waals surface area contributed by atoms with Crippen LogP contribution in [0.4, 0.5) is 10.5 Å². The Labute approximate surface area is 225 Å². The predicted molar refractivity (Wildman–Crippen MR) is 150 cm³/mol. The van der Waals surface area contributed by atoms with Gasteiger partial charge in [-0.3, -0.25) is 9.36 Å². The molecule has 0 aliphatic rings. The lowest BCUT2D eigenvalue weighted by Crippen LogP contribution is -2.28. The highest BCUT2D eigenvalue weighted by Gasteiger charge is 2.23. The number of anilines is 1. The molecule has 2 aromatic carbocycles. The van der Waals surface area contributed by atoms with Crippen LogP contribution in [0.25, 0.3) is 16.6 Å². The molecule has 196 valence electrons. The molecule has 3 rings (SSSR count). The quantitative estimate of drug-likeness (QED) is 0.156. The van der Waals surface area contributed by atoms with Crippen molar-refractivity contribution in [3.8, 4) is 11.8 Å². The molecular formula is C27H28ClN7O3. The minimum atomic E-state index is -0.849. The first-order chi connectivity index (χ1) is 18.2. The molecule has 1 heterocycles. The van der Waals surface area contributed by atoms with Crippen molar-refractivity contribution in [3.05, 3.63) is 87.4 Å². The number of nitrogens with zero attached hydrogens (tertiary/aromatic N) is 4. The Bertz CT molecular complexity index is 1540. The van der Waals surface area contributed by atoms with Gasteiger partial charge in [0.15, 0.2) is 11.9 Å². The normalized spacial score (nSPS) is 12.4. The largest absolute Gasteiger partial charge is 0.465 e. The molecule has 0 aliphatic carbocycles. The van der Waals surface area contributed by atoms with E-state index in [4.69, 9.17) is 21.3 Å². The number of likely N-dealkylation sites (N-methyl/N-ethyl adjacent to an activating group) is 1. The second-order valence-electron chi connectivity index (χ2n) is 7.95. The van der Waals surface area contributed by atoms with Gasteiger partial charge in [-0.1, -0.05) is 30.3 Å². The van der Waals surface area contributed by atoms with Crippen LogP contribution in [0.15, 0.2) is 76.0 Å². The van der Waals surface area contributed by atoms with Crippen LogP contribution in [0.2, 0.25) is 5.02 Å². The molecule has 38 heavy (non-hydrogen) atoms. The summed E-state index contributed by atoms with van der Waals surface area (Å²) in [5.74, 6) is 0.247. The Morgan fingerprint density at radius 3 is 2.74 bits per heavy atom. The van der Waals surface area contributed by atoms with E-state index in [0.29, 0.717) is 29.1 Å². The van der Waals surface area contributed by atoms with Crippen molar-refractivity contribution < 1.29 is 9.53 Å². The lowest BCUT2D eigenvalue weighted by Gasteiger charge is -2.21. The number of aliphatic imine (C=N–C) groups is 1. The Hall–Kier alpha value is -4.62. The summed E-state index contributed by atoms with van der Waals surface area (Å²) in [7, 11) is 1.63. The van der Waals surface area contributed by atoms with E-state index in [1.165, 1.54) is 10.8 Å². The van der Waals surface area contributed by atoms with Gasteiger partial charge in [-0.05, 0) is 51.1 Å². The number of carbonyl (C=O) groups is 1. The summed E-state index contributed by atoms with van der Waals surface area (Å²) in [5, 5.41) is 18.4. The number of urea groups is 1. The number of benzene rings is 2. The van der Waals surface area contributed by atoms with E-state index in [1.807, 2.05) is 6.92 Å². The molecule has 2 amide bonds. The van der Waals surface area contributed by atoms with Crippen molar-refractivity contribution in [2.75, 3.05) is 18.9 Å². The number of aromatic nitrogens is 2. The molecule has 0 fully saturated rings. The first-order valence-electron chi connectivity index (χ1n) is 11.8. The van der Waals surface area contributed by atoms with Gasteiger partial charge >= 0.3 is 6.03 Å². The van der Waals surface area contributed by atoms with E-state index < -0.39 is 11.7 Å². The number of rotatable bonds is 9. The average Bonchev–Trinajstić information content (AvgIpc) is 2.89. The van der Waals surface area contributed by atoms with Gasteiger partial charge in [0.1, 0.15) is 11.6 Å². The molecule has 0 radical (unpaired) electrons. The maximum Gasteiger partial charge on any atom is 0.319 e. The van der Waals surface area contributed by atoms with Crippen LogP contribution in [0.3, 0.4) is 0 Å². The van der Waals surface area contributed by atoms with Crippen molar-refractivity contribution in [3.63, 3.8) is 0 Å². The van der Waals surface area contributed by atoms with Crippen LogP contribution < -0.4 is 21.5 Å². The monoisotopic (exact) mass is 533 g/mol. The van der Waals surface area contributed by atoms with Gasteiger partial charge in [-0.15, -0.1) is 0 Å².